The van der Waals surface area contributed by atoms with Crippen LogP contribution in [0.25, 0.3) is 0 Å². The second-order valence-electron chi connectivity index (χ2n) is 3.62. The van der Waals surface area contributed by atoms with Gasteiger partial charge >= 0.3 is 0 Å². The molecule has 16 heavy (non-hydrogen) atoms. The summed E-state index contributed by atoms with van der Waals surface area (Å²) in [5.41, 5.74) is 6.31. The maximum atomic E-state index is 13.7. The fraction of sp³-hybridized carbons (Fsp3) is 0.455. The zero-order valence-corrected chi connectivity index (χ0v) is 9.25. The monoisotopic (exact) mass is 227 g/mol. The molecule has 1 aromatic carbocycles. The lowest BCUT2D eigenvalue weighted by Crippen LogP contribution is -2.19. The fourth-order valence-electron chi connectivity index (χ4n) is 1.78. The molecule has 0 bridgehead atoms. The summed E-state index contributed by atoms with van der Waals surface area (Å²) in [6, 6.07) is 0.875. The number of ether oxygens (including phenoxy) is 3. The third-order valence-corrected chi connectivity index (χ3v) is 2.43. The molecule has 0 spiro atoms. The van der Waals surface area contributed by atoms with E-state index >= 15 is 0 Å². The molecule has 0 aromatic heterocycles. The minimum Gasteiger partial charge on any atom is -0.493 e. The smallest absolute Gasteiger partial charge is 0.170 e. The lowest BCUT2D eigenvalue weighted by molar-refractivity contribution is 0.167. The molecule has 2 rings (SSSR count). The number of rotatable bonds is 2. The number of hydrogen-bond donors (Lipinski definition) is 1. The summed E-state index contributed by atoms with van der Waals surface area (Å²) < 4.78 is 29.5. The molecular formula is C11H14FNO3. The highest BCUT2D eigenvalue weighted by atomic mass is 19.1. The van der Waals surface area contributed by atoms with Gasteiger partial charge in [-0.15, -0.1) is 0 Å². The van der Waals surface area contributed by atoms with Gasteiger partial charge in [-0.1, -0.05) is 0 Å². The zero-order chi connectivity index (χ0) is 11.7. The van der Waals surface area contributed by atoms with E-state index in [2.05, 4.69) is 0 Å². The van der Waals surface area contributed by atoms with Crippen molar-refractivity contribution in [1.29, 1.82) is 0 Å². The van der Waals surface area contributed by atoms with Gasteiger partial charge in [-0.2, -0.15) is 0 Å². The van der Waals surface area contributed by atoms with Crippen LogP contribution in [0.2, 0.25) is 0 Å². The van der Waals surface area contributed by atoms with Gasteiger partial charge in [0, 0.05) is 12.1 Å². The van der Waals surface area contributed by atoms with E-state index in [0.29, 0.717) is 30.3 Å². The van der Waals surface area contributed by atoms with Gasteiger partial charge < -0.3 is 19.9 Å². The summed E-state index contributed by atoms with van der Waals surface area (Å²) >= 11 is 0. The highest BCUT2D eigenvalue weighted by Crippen LogP contribution is 2.43. The molecule has 1 aromatic rings. The van der Waals surface area contributed by atoms with E-state index < -0.39 is 5.82 Å². The van der Waals surface area contributed by atoms with Crippen LogP contribution in [0, 0.1) is 5.82 Å². The minimum atomic E-state index is -0.487. The van der Waals surface area contributed by atoms with E-state index in [-0.39, 0.29) is 11.8 Å². The highest BCUT2D eigenvalue weighted by Gasteiger charge is 2.25. The zero-order valence-electron chi connectivity index (χ0n) is 9.25. The molecule has 4 nitrogen and oxygen atoms in total. The van der Waals surface area contributed by atoms with Gasteiger partial charge in [0.15, 0.2) is 23.1 Å². The summed E-state index contributed by atoms with van der Waals surface area (Å²) in [7, 11) is 1.40. The molecule has 2 N–H and O–H groups in total. The van der Waals surface area contributed by atoms with Crippen molar-refractivity contribution in [3.8, 4) is 17.2 Å². The van der Waals surface area contributed by atoms with Gasteiger partial charge in [-0.05, 0) is 6.92 Å². The van der Waals surface area contributed by atoms with Crippen molar-refractivity contribution in [3.63, 3.8) is 0 Å². The first kappa shape index (κ1) is 11.0. The largest absolute Gasteiger partial charge is 0.493 e. The van der Waals surface area contributed by atoms with Crippen LogP contribution >= 0.6 is 0 Å². The van der Waals surface area contributed by atoms with E-state index in [1.54, 1.807) is 6.92 Å². The summed E-state index contributed by atoms with van der Waals surface area (Å²) in [4.78, 5) is 0. The summed E-state index contributed by atoms with van der Waals surface area (Å²) in [5, 5.41) is 0. The lowest BCUT2D eigenvalue weighted by Gasteiger charge is -2.24. The van der Waals surface area contributed by atoms with Gasteiger partial charge in [0.05, 0.1) is 12.7 Å². The first-order valence-corrected chi connectivity index (χ1v) is 5.06. The van der Waals surface area contributed by atoms with Crippen LogP contribution in [-0.2, 0) is 0 Å². The Labute approximate surface area is 93.1 Å². The Kier molecular flexibility index (Phi) is 2.87. The summed E-state index contributed by atoms with van der Waals surface area (Å²) in [6.45, 7) is 2.59. The molecule has 1 aliphatic heterocycles. The standard InChI is InChI=1S/C11H14FNO3/c1-6(13)9-10(14-2)7(12)5-8-11(9)16-4-3-15-8/h5-6H,3-4,13H2,1-2H3. The second-order valence-corrected chi connectivity index (χ2v) is 3.62. The molecule has 1 aliphatic rings. The molecular weight excluding hydrogens is 213 g/mol. The van der Waals surface area contributed by atoms with Crippen molar-refractivity contribution in [1.82, 2.24) is 0 Å². The Balaban J connectivity index is 2.64. The predicted octanol–water partition coefficient (Wildman–Crippen LogP) is 1.63. The van der Waals surface area contributed by atoms with Crippen molar-refractivity contribution < 1.29 is 18.6 Å². The Bertz CT molecular complexity index is 407. The molecule has 5 heteroatoms. The van der Waals surface area contributed by atoms with E-state index in [9.17, 15) is 4.39 Å². The molecule has 0 saturated carbocycles. The number of hydrogen-bond acceptors (Lipinski definition) is 4. The average molecular weight is 227 g/mol. The van der Waals surface area contributed by atoms with E-state index in [4.69, 9.17) is 19.9 Å². The van der Waals surface area contributed by atoms with Crippen molar-refractivity contribution in [2.24, 2.45) is 5.73 Å². The van der Waals surface area contributed by atoms with Crippen LogP contribution in [-0.4, -0.2) is 20.3 Å². The maximum absolute atomic E-state index is 13.7. The number of fused-ring (bicyclic) bond motifs is 1. The van der Waals surface area contributed by atoms with Gasteiger partial charge in [-0.25, -0.2) is 4.39 Å². The van der Waals surface area contributed by atoms with Crippen LogP contribution in [0.5, 0.6) is 17.2 Å². The molecule has 1 atom stereocenters. The van der Waals surface area contributed by atoms with Gasteiger partial charge in [0.2, 0.25) is 0 Å². The molecule has 1 unspecified atom stereocenters. The average Bonchev–Trinajstić information content (AvgIpc) is 2.26. The molecule has 0 saturated heterocycles. The van der Waals surface area contributed by atoms with Crippen molar-refractivity contribution >= 4 is 0 Å². The summed E-state index contributed by atoms with van der Waals surface area (Å²) in [5.74, 6) is 0.509. The lowest BCUT2D eigenvalue weighted by atomic mass is 10.0. The summed E-state index contributed by atoms with van der Waals surface area (Å²) in [6.07, 6.45) is 0. The molecule has 0 aliphatic carbocycles. The third-order valence-electron chi connectivity index (χ3n) is 2.43. The Morgan fingerprint density at radius 3 is 2.75 bits per heavy atom. The Hall–Kier alpha value is -1.49. The van der Waals surface area contributed by atoms with Crippen LogP contribution in [0.15, 0.2) is 6.07 Å². The Morgan fingerprint density at radius 1 is 1.44 bits per heavy atom. The SMILES string of the molecule is COc1c(F)cc2c(c1C(C)N)OCCO2. The van der Waals surface area contributed by atoms with Gasteiger partial charge in [0.25, 0.3) is 0 Å². The first-order chi connectivity index (χ1) is 7.65. The van der Waals surface area contributed by atoms with Crippen LogP contribution in [0.1, 0.15) is 18.5 Å². The van der Waals surface area contributed by atoms with Crippen molar-refractivity contribution in [2.75, 3.05) is 20.3 Å². The normalized spacial score (nSPS) is 15.8. The fourth-order valence-corrected chi connectivity index (χ4v) is 1.78. The number of methoxy groups -OCH3 is 1. The first-order valence-electron chi connectivity index (χ1n) is 5.06. The number of benzene rings is 1. The van der Waals surface area contributed by atoms with Gasteiger partial charge in [-0.3, -0.25) is 0 Å². The van der Waals surface area contributed by atoms with E-state index in [1.807, 2.05) is 0 Å². The molecule has 0 fully saturated rings. The number of halogens is 1. The minimum absolute atomic E-state index is 0.124. The molecule has 1 heterocycles. The Morgan fingerprint density at radius 2 is 2.12 bits per heavy atom. The van der Waals surface area contributed by atoms with Crippen LogP contribution in [0.4, 0.5) is 4.39 Å². The highest BCUT2D eigenvalue weighted by molar-refractivity contribution is 5.56. The van der Waals surface area contributed by atoms with Crippen molar-refractivity contribution in [3.05, 3.63) is 17.4 Å². The number of nitrogens with two attached hydrogens (primary N) is 1. The quantitative estimate of drug-likeness (QED) is 0.834. The van der Waals surface area contributed by atoms with Crippen LogP contribution < -0.4 is 19.9 Å². The molecule has 0 radical (unpaired) electrons. The van der Waals surface area contributed by atoms with Crippen LogP contribution in [0.3, 0.4) is 0 Å². The maximum Gasteiger partial charge on any atom is 0.170 e. The molecule has 0 amide bonds. The van der Waals surface area contributed by atoms with Gasteiger partial charge in [0.1, 0.15) is 13.2 Å². The third kappa shape index (κ3) is 1.67. The second kappa shape index (κ2) is 4.17. The van der Waals surface area contributed by atoms with E-state index in [1.165, 1.54) is 13.2 Å². The topological polar surface area (TPSA) is 53.7 Å². The van der Waals surface area contributed by atoms with E-state index in [0.717, 1.165) is 0 Å². The molecule has 88 valence electrons. The predicted molar refractivity (Wildman–Crippen MR) is 56.5 cm³/mol. The van der Waals surface area contributed by atoms with Crippen molar-refractivity contribution in [2.45, 2.75) is 13.0 Å².